The molecule has 1 N–H and O–H groups in total. The van der Waals surface area contributed by atoms with Crippen LogP contribution in [-0.2, 0) is 17.3 Å². The van der Waals surface area contributed by atoms with Crippen LogP contribution in [0.2, 0.25) is 0 Å². The highest BCUT2D eigenvalue weighted by atomic mass is 79.9. The molecule has 1 aromatic rings. The van der Waals surface area contributed by atoms with E-state index in [9.17, 15) is 14.3 Å². The molecule has 0 fully saturated rings. The topological polar surface area (TPSA) is 72.2 Å². The summed E-state index contributed by atoms with van der Waals surface area (Å²) in [5, 5.41) is 13.9. The molecular weight excluding hydrogens is 320 g/mol. The fourth-order valence-corrected chi connectivity index (χ4v) is 2.89. The minimum Gasteiger partial charge on any atom is -0.309 e. The summed E-state index contributed by atoms with van der Waals surface area (Å²) >= 11 is 3.25. The van der Waals surface area contributed by atoms with E-state index in [1.807, 2.05) is 13.0 Å². The maximum Gasteiger partial charge on any atom is 0.270 e. The van der Waals surface area contributed by atoms with Gasteiger partial charge in [-0.25, -0.2) is 0 Å². The van der Waals surface area contributed by atoms with E-state index in [0.717, 1.165) is 5.56 Å². The van der Waals surface area contributed by atoms with E-state index in [1.165, 1.54) is 12.1 Å². The Morgan fingerprint density at radius 3 is 2.72 bits per heavy atom. The molecule has 0 spiro atoms. The smallest absolute Gasteiger partial charge is 0.270 e. The fraction of sp³-hybridized carbons (Fsp3) is 0.455. The number of nitrogens with one attached hydrogen (secondary N) is 1. The van der Waals surface area contributed by atoms with E-state index in [4.69, 9.17) is 0 Å². The molecular formula is C11H15BrN2O3S. The number of nitro benzene ring substituents is 1. The number of nitro groups is 1. The summed E-state index contributed by atoms with van der Waals surface area (Å²) in [5.41, 5.74) is 0.887. The quantitative estimate of drug-likeness (QED) is 0.639. The third-order valence-corrected chi connectivity index (χ3v) is 3.72. The molecule has 1 aromatic carbocycles. The molecule has 0 aromatic heterocycles. The van der Waals surface area contributed by atoms with Gasteiger partial charge in [0.2, 0.25) is 0 Å². The van der Waals surface area contributed by atoms with E-state index < -0.39 is 15.7 Å². The van der Waals surface area contributed by atoms with Gasteiger partial charge in [0, 0.05) is 52.0 Å². The predicted octanol–water partition coefficient (Wildman–Crippen LogP) is 2.21. The SMILES string of the molecule is CC(CS(C)=O)NCc1cc(Br)cc([N+](=O)[O-])c1. The zero-order chi connectivity index (χ0) is 13.7. The van der Waals surface area contributed by atoms with Crippen LogP contribution in [0.15, 0.2) is 22.7 Å². The van der Waals surface area contributed by atoms with Crippen molar-refractivity contribution in [2.75, 3.05) is 12.0 Å². The second kappa shape index (κ2) is 6.96. The minimum absolute atomic E-state index is 0.0629. The first-order valence-corrected chi connectivity index (χ1v) is 7.87. The Hall–Kier alpha value is -0.790. The molecule has 2 unspecified atom stereocenters. The molecule has 0 heterocycles. The summed E-state index contributed by atoms with van der Waals surface area (Å²) in [7, 11) is -0.850. The molecule has 5 nitrogen and oxygen atoms in total. The lowest BCUT2D eigenvalue weighted by atomic mass is 10.2. The number of benzene rings is 1. The summed E-state index contributed by atoms with van der Waals surface area (Å²) in [4.78, 5) is 10.3. The maximum absolute atomic E-state index is 11.0. The molecule has 0 aliphatic rings. The van der Waals surface area contributed by atoms with Crippen molar-refractivity contribution in [1.82, 2.24) is 5.32 Å². The van der Waals surface area contributed by atoms with Crippen LogP contribution in [0.5, 0.6) is 0 Å². The van der Waals surface area contributed by atoms with Gasteiger partial charge in [0.25, 0.3) is 5.69 Å². The van der Waals surface area contributed by atoms with Crippen LogP contribution in [0.25, 0.3) is 0 Å². The van der Waals surface area contributed by atoms with Crippen LogP contribution in [0.3, 0.4) is 0 Å². The first-order chi connectivity index (χ1) is 8.38. The first-order valence-electron chi connectivity index (χ1n) is 5.35. The normalized spacial score (nSPS) is 14.2. The Kier molecular flexibility index (Phi) is 5.90. The summed E-state index contributed by atoms with van der Waals surface area (Å²) in [6.45, 7) is 2.45. The Labute approximate surface area is 117 Å². The average Bonchev–Trinajstić information content (AvgIpc) is 2.24. The number of nitrogens with zero attached hydrogens (tertiary/aromatic N) is 1. The van der Waals surface area contributed by atoms with E-state index in [0.29, 0.717) is 16.8 Å². The Morgan fingerprint density at radius 2 is 2.17 bits per heavy atom. The van der Waals surface area contributed by atoms with E-state index in [1.54, 1.807) is 6.26 Å². The molecule has 0 radical (unpaired) electrons. The Balaban J connectivity index is 2.67. The van der Waals surface area contributed by atoms with Gasteiger partial charge in [-0.3, -0.25) is 14.3 Å². The standard InChI is InChI=1S/C11H15BrN2O3S/c1-8(7-18(2)17)13-6-9-3-10(12)5-11(4-9)14(15)16/h3-5,8,13H,6-7H2,1-2H3. The van der Waals surface area contributed by atoms with Gasteiger partial charge < -0.3 is 5.32 Å². The van der Waals surface area contributed by atoms with Gasteiger partial charge in [0.1, 0.15) is 0 Å². The number of hydrogen-bond acceptors (Lipinski definition) is 4. The van der Waals surface area contributed by atoms with Crippen LogP contribution in [0.4, 0.5) is 5.69 Å². The molecule has 18 heavy (non-hydrogen) atoms. The van der Waals surface area contributed by atoms with Gasteiger partial charge in [0.05, 0.1) is 4.92 Å². The van der Waals surface area contributed by atoms with Crippen molar-refractivity contribution >= 4 is 32.4 Å². The largest absolute Gasteiger partial charge is 0.309 e. The molecule has 100 valence electrons. The molecule has 0 amide bonds. The zero-order valence-corrected chi connectivity index (χ0v) is 12.6. The van der Waals surface area contributed by atoms with Crippen molar-refractivity contribution in [2.45, 2.75) is 19.5 Å². The Bertz CT molecular complexity index is 468. The predicted molar refractivity (Wildman–Crippen MR) is 76.0 cm³/mol. The van der Waals surface area contributed by atoms with Crippen molar-refractivity contribution in [3.05, 3.63) is 38.3 Å². The molecule has 7 heteroatoms. The van der Waals surface area contributed by atoms with Gasteiger partial charge in [-0.05, 0) is 18.6 Å². The summed E-state index contributed by atoms with van der Waals surface area (Å²) in [6.07, 6.45) is 1.65. The van der Waals surface area contributed by atoms with Gasteiger partial charge in [0.15, 0.2) is 0 Å². The monoisotopic (exact) mass is 334 g/mol. The molecule has 1 rings (SSSR count). The molecule has 0 saturated carbocycles. The zero-order valence-electron chi connectivity index (χ0n) is 10.2. The molecule has 0 aliphatic heterocycles. The van der Waals surface area contributed by atoms with Crippen LogP contribution < -0.4 is 5.32 Å². The van der Waals surface area contributed by atoms with Crippen molar-refractivity contribution in [3.8, 4) is 0 Å². The number of hydrogen-bond donors (Lipinski definition) is 1. The third kappa shape index (κ3) is 5.24. The summed E-state index contributed by atoms with van der Waals surface area (Å²) < 4.78 is 11.7. The van der Waals surface area contributed by atoms with Gasteiger partial charge >= 0.3 is 0 Å². The number of rotatable bonds is 6. The minimum atomic E-state index is -0.850. The lowest BCUT2D eigenvalue weighted by molar-refractivity contribution is -0.385. The summed E-state index contributed by atoms with van der Waals surface area (Å²) in [5.74, 6) is 0.566. The highest BCUT2D eigenvalue weighted by Crippen LogP contribution is 2.21. The van der Waals surface area contributed by atoms with Crippen LogP contribution in [-0.4, -0.2) is 27.2 Å². The number of halogens is 1. The molecule has 2 atom stereocenters. The van der Waals surface area contributed by atoms with Crippen molar-refractivity contribution < 1.29 is 9.13 Å². The van der Waals surface area contributed by atoms with Crippen molar-refractivity contribution in [1.29, 1.82) is 0 Å². The Morgan fingerprint density at radius 1 is 1.50 bits per heavy atom. The fourth-order valence-electron chi connectivity index (χ4n) is 1.54. The summed E-state index contributed by atoms with van der Waals surface area (Å²) in [6, 6.07) is 4.94. The average molecular weight is 335 g/mol. The van der Waals surface area contributed by atoms with Crippen LogP contribution in [0.1, 0.15) is 12.5 Å². The van der Waals surface area contributed by atoms with Crippen molar-refractivity contribution in [3.63, 3.8) is 0 Å². The molecule has 0 saturated heterocycles. The third-order valence-electron chi connectivity index (χ3n) is 2.29. The van der Waals surface area contributed by atoms with Gasteiger partial charge in [-0.2, -0.15) is 0 Å². The lowest BCUT2D eigenvalue weighted by Crippen LogP contribution is -2.30. The van der Waals surface area contributed by atoms with E-state index in [-0.39, 0.29) is 11.7 Å². The van der Waals surface area contributed by atoms with Crippen LogP contribution in [0, 0.1) is 10.1 Å². The highest BCUT2D eigenvalue weighted by Gasteiger charge is 2.10. The second-order valence-corrected chi connectivity index (χ2v) is 6.49. The first kappa shape index (κ1) is 15.3. The van der Waals surface area contributed by atoms with E-state index >= 15 is 0 Å². The maximum atomic E-state index is 11.0. The van der Waals surface area contributed by atoms with Crippen LogP contribution >= 0.6 is 15.9 Å². The van der Waals surface area contributed by atoms with Crippen molar-refractivity contribution in [2.24, 2.45) is 0 Å². The lowest BCUT2D eigenvalue weighted by Gasteiger charge is -2.12. The highest BCUT2D eigenvalue weighted by molar-refractivity contribution is 9.10. The van der Waals surface area contributed by atoms with Gasteiger partial charge in [-0.1, -0.05) is 15.9 Å². The second-order valence-electron chi connectivity index (χ2n) is 4.10. The van der Waals surface area contributed by atoms with E-state index in [2.05, 4.69) is 21.2 Å². The molecule has 0 aliphatic carbocycles. The van der Waals surface area contributed by atoms with Gasteiger partial charge in [-0.15, -0.1) is 0 Å². The number of non-ortho nitro benzene ring substituents is 1. The molecule has 0 bridgehead atoms.